The van der Waals surface area contributed by atoms with E-state index < -0.39 is 6.04 Å². The number of hydrogen-bond donors (Lipinski definition) is 1. The molecular weight excluding hydrogens is 534 g/mol. The van der Waals surface area contributed by atoms with Crippen molar-refractivity contribution in [1.29, 1.82) is 0 Å². The van der Waals surface area contributed by atoms with Gasteiger partial charge < -0.3 is 24.4 Å². The summed E-state index contributed by atoms with van der Waals surface area (Å²) in [6.45, 7) is 2.21. The van der Waals surface area contributed by atoms with Gasteiger partial charge in [-0.3, -0.25) is 9.59 Å². The van der Waals surface area contributed by atoms with Crippen molar-refractivity contribution in [2.75, 3.05) is 19.2 Å². The predicted octanol–water partition coefficient (Wildman–Crippen LogP) is 4.89. The van der Waals surface area contributed by atoms with E-state index in [1.165, 1.54) is 0 Å². The molecule has 1 atom stereocenters. The first-order chi connectivity index (χ1) is 20.5. The van der Waals surface area contributed by atoms with Crippen LogP contribution in [0.4, 0.5) is 5.69 Å². The Morgan fingerprint density at radius 1 is 0.976 bits per heavy atom. The minimum absolute atomic E-state index is 0.101. The molecule has 0 aliphatic carbocycles. The zero-order valence-corrected chi connectivity index (χ0v) is 23.2. The third-order valence-corrected chi connectivity index (χ3v) is 7.13. The van der Waals surface area contributed by atoms with Crippen LogP contribution in [0.25, 0.3) is 11.0 Å². The number of nitrogens with zero attached hydrogens (tertiary/aromatic N) is 4. The van der Waals surface area contributed by atoms with Gasteiger partial charge in [0.2, 0.25) is 12.7 Å². The summed E-state index contributed by atoms with van der Waals surface area (Å²) >= 11 is 0. The summed E-state index contributed by atoms with van der Waals surface area (Å²) in [5.41, 5.74) is 4.53. The van der Waals surface area contributed by atoms with Gasteiger partial charge in [-0.2, -0.15) is 0 Å². The van der Waals surface area contributed by atoms with Crippen LogP contribution in [-0.2, 0) is 22.7 Å². The van der Waals surface area contributed by atoms with Gasteiger partial charge in [0.05, 0.1) is 12.6 Å². The van der Waals surface area contributed by atoms with Gasteiger partial charge in [-0.15, -0.1) is 5.10 Å². The summed E-state index contributed by atoms with van der Waals surface area (Å²) in [5, 5.41) is 11.4. The number of fused-ring (bicyclic) bond motifs is 2. The molecule has 1 N–H and O–H groups in total. The topological polar surface area (TPSA) is 108 Å². The smallest absolute Gasteiger partial charge is 0.251 e. The Bertz CT molecular complexity index is 1730. The Labute approximate surface area is 242 Å². The largest absolute Gasteiger partial charge is 0.497 e. The molecular formula is C32H29N5O5. The maximum absolute atomic E-state index is 14.2. The van der Waals surface area contributed by atoms with Crippen LogP contribution in [0.1, 0.15) is 22.7 Å². The number of methoxy groups -OCH3 is 1. The molecule has 0 fully saturated rings. The Morgan fingerprint density at radius 3 is 2.52 bits per heavy atom. The predicted molar refractivity (Wildman–Crippen MR) is 156 cm³/mol. The fourth-order valence-electron chi connectivity index (χ4n) is 4.91. The number of carbonyl (C=O) groups is 2. The molecule has 5 aromatic rings. The second kappa shape index (κ2) is 11.6. The lowest BCUT2D eigenvalue weighted by molar-refractivity contribution is -0.140. The lowest BCUT2D eigenvalue weighted by atomic mass is 10.0. The Kier molecular flexibility index (Phi) is 7.42. The number of hydrogen-bond acceptors (Lipinski definition) is 7. The molecule has 10 heteroatoms. The van der Waals surface area contributed by atoms with Crippen molar-refractivity contribution in [1.82, 2.24) is 19.9 Å². The molecule has 1 aliphatic heterocycles. The van der Waals surface area contributed by atoms with Crippen LogP contribution in [0, 0.1) is 6.92 Å². The van der Waals surface area contributed by atoms with E-state index in [-0.39, 0.29) is 31.7 Å². The molecule has 1 unspecified atom stereocenters. The number of benzene rings is 4. The van der Waals surface area contributed by atoms with E-state index in [0.29, 0.717) is 34.0 Å². The van der Waals surface area contributed by atoms with Crippen LogP contribution in [-0.4, -0.2) is 45.6 Å². The third kappa shape index (κ3) is 5.60. The number of ether oxygens (including phenoxy) is 3. The highest BCUT2D eigenvalue weighted by molar-refractivity contribution is 5.98. The number of amides is 2. The van der Waals surface area contributed by atoms with E-state index in [1.54, 1.807) is 59.2 Å². The van der Waals surface area contributed by atoms with Crippen molar-refractivity contribution in [3.63, 3.8) is 0 Å². The van der Waals surface area contributed by atoms with E-state index in [4.69, 9.17) is 14.2 Å². The fraction of sp³-hybridized carbons (Fsp3) is 0.188. The molecule has 0 spiro atoms. The second-order valence-electron chi connectivity index (χ2n) is 9.98. The van der Waals surface area contributed by atoms with Crippen molar-refractivity contribution in [3.8, 4) is 17.2 Å². The number of para-hydroxylation sites is 1. The normalized spacial score (nSPS) is 12.6. The minimum atomic E-state index is -0.982. The van der Waals surface area contributed by atoms with Gasteiger partial charge in [0.1, 0.15) is 23.9 Å². The van der Waals surface area contributed by atoms with Gasteiger partial charge in [-0.1, -0.05) is 59.3 Å². The van der Waals surface area contributed by atoms with Crippen molar-refractivity contribution < 1.29 is 23.8 Å². The molecule has 1 aliphatic rings. The van der Waals surface area contributed by atoms with Crippen molar-refractivity contribution in [3.05, 3.63) is 108 Å². The molecule has 1 aromatic heterocycles. The highest BCUT2D eigenvalue weighted by Crippen LogP contribution is 2.35. The van der Waals surface area contributed by atoms with Crippen LogP contribution in [0.15, 0.2) is 91.0 Å². The van der Waals surface area contributed by atoms with Gasteiger partial charge in [0, 0.05) is 18.3 Å². The average Bonchev–Trinajstić information content (AvgIpc) is 3.65. The summed E-state index contributed by atoms with van der Waals surface area (Å²) in [7, 11) is 1.58. The highest BCUT2D eigenvalue weighted by Gasteiger charge is 2.33. The standard InChI is InChI=1S/C32H29N5O5/c1-21-7-9-22(10-8-21)18-36(30(38)19-37-27-6-4-3-5-26(27)34-35-37)31(23-11-14-25(40-2)15-12-23)32(39)33-24-13-16-28-29(17-24)42-20-41-28/h3-17,31H,18-20H2,1-2H3,(H,33,39). The fourth-order valence-corrected chi connectivity index (χ4v) is 4.91. The van der Waals surface area contributed by atoms with Gasteiger partial charge in [0.15, 0.2) is 11.5 Å². The van der Waals surface area contributed by atoms with E-state index >= 15 is 0 Å². The minimum Gasteiger partial charge on any atom is -0.497 e. The summed E-state index contributed by atoms with van der Waals surface area (Å²) in [4.78, 5) is 29.9. The van der Waals surface area contributed by atoms with E-state index in [1.807, 2.05) is 55.5 Å². The molecule has 6 rings (SSSR count). The first-order valence-corrected chi connectivity index (χ1v) is 13.5. The van der Waals surface area contributed by atoms with Crippen molar-refractivity contribution >= 4 is 28.5 Å². The molecule has 2 amide bonds. The number of anilines is 1. The summed E-state index contributed by atoms with van der Waals surface area (Å²) in [6, 6.07) is 26.7. The first-order valence-electron chi connectivity index (χ1n) is 13.5. The number of rotatable bonds is 9. The zero-order valence-electron chi connectivity index (χ0n) is 23.2. The maximum atomic E-state index is 14.2. The van der Waals surface area contributed by atoms with Crippen LogP contribution in [0.5, 0.6) is 17.2 Å². The Balaban J connectivity index is 1.39. The van der Waals surface area contributed by atoms with E-state index in [9.17, 15) is 9.59 Å². The van der Waals surface area contributed by atoms with Crippen molar-refractivity contribution in [2.24, 2.45) is 0 Å². The monoisotopic (exact) mass is 563 g/mol. The third-order valence-electron chi connectivity index (χ3n) is 7.13. The molecule has 0 bridgehead atoms. The van der Waals surface area contributed by atoms with Crippen LogP contribution < -0.4 is 19.5 Å². The maximum Gasteiger partial charge on any atom is 0.251 e. The van der Waals surface area contributed by atoms with Crippen LogP contribution >= 0.6 is 0 Å². The van der Waals surface area contributed by atoms with E-state index in [0.717, 1.165) is 16.6 Å². The van der Waals surface area contributed by atoms with Gasteiger partial charge in [0.25, 0.3) is 5.91 Å². The summed E-state index contributed by atoms with van der Waals surface area (Å²) < 4.78 is 17.8. The van der Waals surface area contributed by atoms with Crippen molar-refractivity contribution in [2.45, 2.75) is 26.1 Å². The SMILES string of the molecule is COc1ccc(C(C(=O)Nc2ccc3c(c2)OCO3)N(Cc2ccc(C)cc2)C(=O)Cn2nnc3ccccc32)cc1. The molecule has 4 aromatic carbocycles. The van der Waals surface area contributed by atoms with Crippen LogP contribution in [0.3, 0.4) is 0 Å². The van der Waals surface area contributed by atoms with Gasteiger partial charge >= 0.3 is 0 Å². The molecule has 0 radical (unpaired) electrons. The summed E-state index contributed by atoms with van der Waals surface area (Å²) in [6.07, 6.45) is 0. The van der Waals surface area contributed by atoms with E-state index in [2.05, 4.69) is 15.6 Å². The lowest BCUT2D eigenvalue weighted by Gasteiger charge is -2.32. The number of aryl methyl sites for hydroxylation is 1. The van der Waals surface area contributed by atoms with Gasteiger partial charge in [-0.05, 0) is 54.4 Å². The van der Waals surface area contributed by atoms with Crippen LogP contribution in [0.2, 0.25) is 0 Å². The molecule has 2 heterocycles. The number of carbonyl (C=O) groups excluding carboxylic acids is 2. The number of nitrogens with one attached hydrogen (secondary N) is 1. The zero-order chi connectivity index (χ0) is 29.1. The first kappa shape index (κ1) is 26.8. The molecule has 212 valence electrons. The molecule has 42 heavy (non-hydrogen) atoms. The summed E-state index contributed by atoms with van der Waals surface area (Å²) in [5.74, 6) is 1.10. The molecule has 0 saturated heterocycles. The Morgan fingerprint density at radius 2 is 1.74 bits per heavy atom. The van der Waals surface area contributed by atoms with Gasteiger partial charge in [-0.25, -0.2) is 4.68 Å². The second-order valence-corrected chi connectivity index (χ2v) is 9.98. The number of aromatic nitrogens is 3. The molecule has 10 nitrogen and oxygen atoms in total. The Hall–Kier alpha value is -5.38. The lowest BCUT2D eigenvalue weighted by Crippen LogP contribution is -2.42. The average molecular weight is 564 g/mol. The highest BCUT2D eigenvalue weighted by atomic mass is 16.7. The quantitative estimate of drug-likeness (QED) is 0.272. The molecule has 0 saturated carbocycles.